The van der Waals surface area contributed by atoms with Crippen LogP contribution in [0.1, 0.15) is 29.9 Å². The zero-order valence-electron chi connectivity index (χ0n) is 14.0. The number of amides is 1. The number of aromatic nitrogens is 1. The molecule has 0 bridgehead atoms. The molecule has 134 valence electrons. The summed E-state index contributed by atoms with van der Waals surface area (Å²) in [7, 11) is 0. The number of thiazole rings is 1. The average Bonchev–Trinajstić information content (AvgIpc) is 2.95. The summed E-state index contributed by atoms with van der Waals surface area (Å²) in [6.07, 6.45) is 0.375. The fourth-order valence-corrected chi connectivity index (χ4v) is 3.78. The number of carbonyl (C=O) groups excluding carboxylic acids is 1. The maximum atomic E-state index is 13.8. The molecular weight excluding hydrogens is 365 g/mol. The first-order valence-corrected chi connectivity index (χ1v) is 9.25. The van der Waals surface area contributed by atoms with Gasteiger partial charge in [0.15, 0.2) is 5.13 Å². The molecule has 2 aromatic rings. The summed E-state index contributed by atoms with van der Waals surface area (Å²) in [4.78, 5) is 18.9. The van der Waals surface area contributed by atoms with Crippen molar-refractivity contribution in [3.8, 4) is 0 Å². The lowest BCUT2D eigenvalue weighted by Gasteiger charge is -2.34. The highest BCUT2D eigenvalue weighted by Crippen LogP contribution is 2.21. The molecule has 1 amide bonds. The van der Waals surface area contributed by atoms with Crippen LogP contribution >= 0.6 is 22.9 Å². The second kappa shape index (κ2) is 7.78. The molecule has 1 N–H and O–H groups in total. The summed E-state index contributed by atoms with van der Waals surface area (Å²) >= 11 is 7.14. The molecule has 1 fully saturated rings. The van der Waals surface area contributed by atoms with Crippen LogP contribution in [-0.4, -0.2) is 41.1 Å². The number of benzene rings is 1. The minimum atomic E-state index is -0.616. The fraction of sp³-hybridized carbons (Fsp3) is 0.412. The van der Waals surface area contributed by atoms with Crippen LogP contribution in [0.4, 0.5) is 9.52 Å². The van der Waals surface area contributed by atoms with Gasteiger partial charge in [0, 0.05) is 30.0 Å². The molecule has 1 aromatic carbocycles. The maximum absolute atomic E-state index is 13.8. The molecule has 1 aromatic heterocycles. The molecule has 0 spiro atoms. The summed E-state index contributed by atoms with van der Waals surface area (Å²) in [5.74, 6) is -1.18. The third kappa shape index (κ3) is 4.76. The second-order valence-electron chi connectivity index (χ2n) is 6.17. The molecule has 2 heterocycles. The van der Waals surface area contributed by atoms with Crippen molar-refractivity contribution in [1.29, 1.82) is 0 Å². The molecule has 1 saturated heterocycles. The van der Waals surface area contributed by atoms with Crippen molar-refractivity contribution in [2.75, 3.05) is 18.4 Å². The molecule has 0 aliphatic carbocycles. The van der Waals surface area contributed by atoms with E-state index in [0.717, 1.165) is 18.8 Å². The van der Waals surface area contributed by atoms with E-state index in [-0.39, 0.29) is 17.8 Å². The topological polar surface area (TPSA) is 54.5 Å². The highest BCUT2D eigenvalue weighted by molar-refractivity contribution is 7.14. The molecule has 1 aliphatic heterocycles. The Labute approximate surface area is 154 Å². The predicted octanol–water partition coefficient (Wildman–Crippen LogP) is 3.80. The van der Waals surface area contributed by atoms with E-state index in [2.05, 4.69) is 29.0 Å². The van der Waals surface area contributed by atoms with Crippen molar-refractivity contribution < 1.29 is 13.9 Å². The molecule has 25 heavy (non-hydrogen) atoms. The number of morpholine rings is 1. The lowest BCUT2D eigenvalue weighted by Crippen LogP contribution is -2.44. The first-order chi connectivity index (χ1) is 11.9. The van der Waals surface area contributed by atoms with Crippen molar-refractivity contribution in [2.24, 2.45) is 0 Å². The van der Waals surface area contributed by atoms with Crippen LogP contribution < -0.4 is 5.32 Å². The zero-order chi connectivity index (χ0) is 18.0. The molecule has 0 unspecified atom stereocenters. The lowest BCUT2D eigenvalue weighted by molar-refractivity contribution is -0.0707. The highest BCUT2D eigenvalue weighted by Gasteiger charge is 2.23. The standard InChI is InChI=1S/C17H19ClFN3O2S/c1-10-6-22(7-11(2)24-10)8-13-9-25-17(20-13)21-16(23)14-5-12(18)3-4-15(14)19/h3-5,9-11H,6-8H2,1-2H3,(H,20,21,23)/t10-,11-/m0/s1. The summed E-state index contributed by atoms with van der Waals surface area (Å²) < 4.78 is 19.5. The quantitative estimate of drug-likeness (QED) is 0.872. The van der Waals surface area contributed by atoms with Gasteiger partial charge in [0.05, 0.1) is 23.5 Å². The molecule has 0 saturated carbocycles. The van der Waals surface area contributed by atoms with Gasteiger partial charge in [-0.2, -0.15) is 0 Å². The minimum Gasteiger partial charge on any atom is -0.373 e. The number of carbonyl (C=O) groups is 1. The van der Waals surface area contributed by atoms with Gasteiger partial charge in [-0.05, 0) is 32.0 Å². The SMILES string of the molecule is C[C@H]1CN(Cc2csc(NC(=O)c3cc(Cl)ccc3F)n2)C[C@H](C)O1. The van der Waals surface area contributed by atoms with Crippen LogP contribution in [0, 0.1) is 5.82 Å². The van der Waals surface area contributed by atoms with Gasteiger partial charge in [-0.25, -0.2) is 9.37 Å². The number of hydrogen-bond acceptors (Lipinski definition) is 5. The Morgan fingerprint density at radius 3 is 2.88 bits per heavy atom. The first-order valence-electron chi connectivity index (χ1n) is 7.99. The Hall–Kier alpha value is -1.54. The van der Waals surface area contributed by atoms with Gasteiger partial charge in [0.1, 0.15) is 5.82 Å². The van der Waals surface area contributed by atoms with Crippen LogP contribution in [0.2, 0.25) is 5.02 Å². The first kappa shape index (κ1) is 18.3. The van der Waals surface area contributed by atoms with Gasteiger partial charge in [-0.1, -0.05) is 11.6 Å². The van der Waals surface area contributed by atoms with E-state index in [9.17, 15) is 9.18 Å². The van der Waals surface area contributed by atoms with E-state index in [1.807, 2.05) is 5.38 Å². The Bertz CT molecular complexity index is 760. The van der Waals surface area contributed by atoms with Gasteiger partial charge in [-0.3, -0.25) is 15.0 Å². The predicted molar refractivity (Wildman–Crippen MR) is 96.8 cm³/mol. The van der Waals surface area contributed by atoms with Gasteiger partial charge in [0.2, 0.25) is 0 Å². The Morgan fingerprint density at radius 1 is 1.44 bits per heavy atom. The maximum Gasteiger partial charge on any atom is 0.260 e. The monoisotopic (exact) mass is 383 g/mol. The zero-order valence-corrected chi connectivity index (χ0v) is 15.5. The van der Waals surface area contributed by atoms with E-state index in [4.69, 9.17) is 16.3 Å². The number of hydrogen-bond donors (Lipinski definition) is 1. The lowest BCUT2D eigenvalue weighted by atomic mass is 10.2. The molecular formula is C17H19ClFN3O2S. The van der Waals surface area contributed by atoms with Gasteiger partial charge in [0.25, 0.3) is 5.91 Å². The van der Waals surface area contributed by atoms with Crippen molar-refractivity contribution in [1.82, 2.24) is 9.88 Å². The number of rotatable bonds is 4. The van der Waals surface area contributed by atoms with Gasteiger partial charge < -0.3 is 4.74 Å². The highest BCUT2D eigenvalue weighted by atomic mass is 35.5. The summed E-state index contributed by atoms with van der Waals surface area (Å²) in [5, 5.41) is 5.27. The summed E-state index contributed by atoms with van der Waals surface area (Å²) in [6, 6.07) is 3.88. The number of nitrogens with one attached hydrogen (secondary N) is 1. The fourth-order valence-electron chi connectivity index (χ4n) is 2.92. The Balaban J connectivity index is 1.63. The Morgan fingerprint density at radius 2 is 2.16 bits per heavy atom. The van der Waals surface area contributed by atoms with E-state index in [1.54, 1.807) is 0 Å². The third-order valence-electron chi connectivity index (χ3n) is 3.83. The molecule has 1 aliphatic rings. The minimum absolute atomic E-state index is 0.0971. The number of halogens is 2. The van der Waals surface area contributed by atoms with E-state index < -0.39 is 11.7 Å². The van der Waals surface area contributed by atoms with Gasteiger partial charge >= 0.3 is 0 Å². The molecule has 5 nitrogen and oxygen atoms in total. The molecule has 3 rings (SSSR count). The summed E-state index contributed by atoms with van der Waals surface area (Å²) in [6.45, 7) is 6.48. The van der Waals surface area contributed by atoms with Crippen LogP contribution in [0.3, 0.4) is 0 Å². The number of nitrogens with zero attached hydrogens (tertiary/aromatic N) is 2. The van der Waals surface area contributed by atoms with Crippen LogP contribution in [0.25, 0.3) is 0 Å². The third-order valence-corrected chi connectivity index (χ3v) is 4.87. The Kier molecular flexibility index (Phi) is 5.68. The van der Waals surface area contributed by atoms with E-state index >= 15 is 0 Å². The van der Waals surface area contributed by atoms with E-state index in [0.29, 0.717) is 16.7 Å². The normalized spacial score (nSPS) is 21.3. The molecule has 0 radical (unpaired) electrons. The number of ether oxygens (including phenoxy) is 1. The number of anilines is 1. The van der Waals surface area contributed by atoms with Crippen LogP contribution in [0.5, 0.6) is 0 Å². The molecule has 2 atom stereocenters. The average molecular weight is 384 g/mol. The smallest absolute Gasteiger partial charge is 0.260 e. The van der Waals surface area contributed by atoms with Crippen molar-refractivity contribution in [3.63, 3.8) is 0 Å². The van der Waals surface area contributed by atoms with Crippen molar-refractivity contribution in [2.45, 2.75) is 32.6 Å². The van der Waals surface area contributed by atoms with Gasteiger partial charge in [-0.15, -0.1) is 11.3 Å². The van der Waals surface area contributed by atoms with Crippen molar-refractivity contribution >= 4 is 34.0 Å². The van der Waals surface area contributed by atoms with Crippen molar-refractivity contribution in [3.05, 3.63) is 45.7 Å². The van der Waals surface area contributed by atoms with Crippen LogP contribution in [-0.2, 0) is 11.3 Å². The molecule has 8 heteroatoms. The summed E-state index contributed by atoms with van der Waals surface area (Å²) in [5.41, 5.74) is 0.772. The second-order valence-corrected chi connectivity index (χ2v) is 7.47. The van der Waals surface area contributed by atoms with Crippen LogP contribution in [0.15, 0.2) is 23.6 Å². The largest absolute Gasteiger partial charge is 0.373 e. The van der Waals surface area contributed by atoms with E-state index in [1.165, 1.54) is 29.5 Å².